The van der Waals surface area contributed by atoms with Crippen molar-refractivity contribution in [2.45, 2.75) is 18.9 Å². The van der Waals surface area contributed by atoms with Crippen LogP contribution in [0, 0.1) is 0 Å². The van der Waals surface area contributed by atoms with Crippen molar-refractivity contribution in [1.82, 2.24) is 15.3 Å². The van der Waals surface area contributed by atoms with Crippen molar-refractivity contribution in [1.29, 1.82) is 0 Å². The Morgan fingerprint density at radius 2 is 1.89 bits per heavy atom. The molecular formula is C19H24Cl2N4OS. The smallest absolute Gasteiger partial charge is 0.225 e. The number of hydrogen-bond donors (Lipinski definition) is 3. The van der Waals surface area contributed by atoms with Crippen LogP contribution in [-0.4, -0.2) is 27.9 Å². The topological polar surface area (TPSA) is 83.8 Å². The number of para-hydroxylation sites is 2. The lowest BCUT2D eigenvalue weighted by molar-refractivity contribution is -0.121. The Labute approximate surface area is 175 Å². The quantitative estimate of drug-likeness (QED) is 0.495. The zero-order valence-corrected chi connectivity index (χ0v) is 17.4. The second-order valence-corrected chi connectivity index (χ2v) is 6.94. The SMILES string of the molecule is CSCCC(NC(=O)Cc1ccc(N)cc1)c1nc2ccccc2[nH]1.Cl.Cl. The number of nitrogens with two attached hydrogens (primary N) is 1. The highest BCUT2D eigenvalue weighted by Crippen LogP contribution is 2.20. The largest absolute Gasteiger partial charge is 0.399 e. The monoisotopic (exact) mass is 426 g/mol. The average Bonchev–Trinajstić information content (AvgIpc) is 3.04. The summed E-state index contributed by atoms with van der Waals surface area (Å²) < 4.78 is 0. The predicted octanol–water partition coefficient (Wildman–Crippen LogP) is 4.14. The molecule has 8 heteroatoms. The van der Waals surface area contributed by atoms with Crippen LogP contribution in [0.5, 0.6) is 0 Å². The van der Waals surface area contributed by atoms with Gasteiger partial charge in [0, 0.05) is 5.69 Å². The molecule has 3 aromatic rings. The van der Waals surface area contributed by atoms with E-state index in [1.165, 1.54) is 0 Å². The second kappa shape index (κ2) is 11.1. The Hall–Kier alpha value is -1.89. The summed E-state index contributed by atoms with van der Waals surface area (Å²) in [6, 6.07) is 15.2. The fourth-order valence-corrected chi connectivity index (χ4v) is 3.19. The lowest BCUT2D eigenvalue weighted by Crippen LogP contribution is -2.31. The molecule has 1 aromatic heterocycles. The zero-order chi connectivity index (χ0) is 17.6. The van der Waals surface area contributed by atoms with Gasteiger partial charge in [0.1, 0.15) is 5.82 Å². The van der Waals surface area contributed by atoms with Crippen LogP contribution in [0.4, 0.5) is 5.69 Å². The maximum absolute atomic E-state index is 12.5. The first-order chi connectivity index (χ1) is 12.2. The van der Waals surface area contributed by atoms with Gasteiger partial charge < -0.3 is 16.0 Å². The third kappa shape index (κ3) is 6.34. The highest BCUT2D eigenvalue weighted by atomic mass is 35.5. The number of halogens is 2. The number of anilines is 1. The summed E-state index contributed by atoms with van der Waals surface area (Å²) in [5, 5.41) is 3.11. The number of benzene rings is 2. The number of nitrogens with zero attached hydrogens (tertiary/aromatic N) is 1. The van der Waals surface area contributed by atoms with Crippen LogP contribution in [0.15, 0.2) is 48.5 Å². The molecule has 0 aliphatic carbocycles. The van der Waals surface area contributed by atoms with E-state index in [1.807, 2.05) is 48.5 Å². The van der Waals surface area contributed by atoms with E-state index >= 15 is 0 Å². The van der Waals surface area contributed by atoms with Crippen LogP contribution in [0.1, 0.15) is 23.9 Å². The maximum Gasteiger partial charge on any atom is 0.225 e. The number of hydrogen-bond acceptors (Lipinski definition) is 4. The van der Waals surface area contributed by atoms with E-state index in [0.29, 0.717) is 12.1 Å². The van der Waals surface area contributed by atoms with Crippen LogP contribution in [0.25, 0.3) is 11.0 Å². The molecule has 0 saturated heterocycles. The van der Waals surface area contributed by atoms with Gasteiger partial charge in [0.05, 0.1) is 23.5 Å². The molecule has 1 heterocycles. The number of aromatic nitrogens is 2. The standard InChI is InChI=1S/C19H22N4OS.2ClH/c1-25-11-10-17(19-22-15-4-2-3-5-16(15)23-19)21-18(24)12-13-6-8-14(20)9-7-13;;/h2-9,17H,10-12,20H2,1H3,(H,21,24)(H,22,23);2*1H. The maximum atomic E-state index is 12.5. The summed E-state index contributed by atoms with van der Waals surface area (Å²) in [6.07, 6.45) is 3.22. The molecule has 0 spiro atoms. The lowest BCUT2D eigenvalue weighted by atomic mass is 10.1. The molecule has 3 rings (SSSR count). The molecule has 4 N–H and O–H groups in total. The van der Waals surface area contributed by atoms with E-state index in [2.05, 4.69) is 21.5 Å². The van der Waals surface area contributed by atoms with E-state index in [0.717, 1.165) is 34.6 Å². The predicted molar refractivity (Wildman–Crippen MR) is 119 cm³/mol. The lowest BCUT2D eigenvalue weighted by Gasteiger charge is -2.16. The highest BCUT2D eigenvalue weighted by Gasteiger charge is 2.18. The van der Waals surface area contributed by atoms with Crippen molar-refractivity contribution >= 4 is 59.2 Å². The number of rotatable bonds is 7. The zero-order valence-electron chi connectivity index (χ0n) is 15.0. The van der Waals surface area contributed by atoms with Gasteiger partial charge in [-0.3, -0.25) is 4.79 Å². The third-order valence-corrected chi connectivity index (χ3v) is 4.67. The van der Waals surface area contributed by atoms with Crippen molar-refractivity contribution in [2.75, 3.05) is 17.7 Å². The summed E-state index contributed by atoms with van der Waals surface area (Å²) in [6.45, 7) is 0. The molecular weight excluding hydrogens is 403 g/mol. The molecule has 0 aliphatic rings. The van der Waals surface area contributed by atoms with E-state index in [9.17, 15) is 4.79 Å². The highest BCUT2D eigenvalue weighted by molar-refractivity contribution is 7.98. The number of imidazole rings is 1. The number of thioether (sulfide) groups is 1. The van der Waals surface area contributed by atoms with Crippen LogP contribution in [0.2, 0.25) is 0 Å². The molecule has 1 atom stereocenters. The van der Waals surface area contributed by atoms with Crippen LogP contribution in [-0.2, 0) is 11.2 Å². The van der Waals surface area contributed by atoms with Gasteiger partial charge in [-0.1, -0.05) is 24.3 Å². The summed E-state index contributed by atoms with van der Waals surface area (Å²) in [7, 11) is 0. The minimum Gasteiger partial charge on any atom is -0.399 e. The number of carbonyl (C=O) groups excluding carboxylic acids is 1. The van der Waals surface area contributed by atoms with Gasteiger partial charge in [-0.25, -0.2) is 4.98 Å². The Kier molecular flexibility index (Phi) is 9.49. The van der Waals surface area contributed by atoms with Crippen LogP contribution in [0.3, 0.4) is 0 Å². The second-order valence-electron chi connectivity index (χ2n) is 5.96. The molecule has 1 unspecified atom stereocenters. The van der Waals surface area contributed by atoms with Crippen LogP contribution < -0.4 is 11.1 Å². The van der Waals surface area contributed by atoms with Crippen molar-refractivity contribution in [3.63, 3.8) is 0 Å². The van der Waals surface area contributed by atoms with Gasteiger partial charge >= 0.3 is 0 Å². The number of aromatic amines is 1. The van der Waals surface area contributed by atoms with Gasteiger partial charge in [-0.2, -0.15) is 11.8 Å². The van der Waals surface area contributed by atoms with Gasteiger partial charge in [-0.15, -0.1) is 24.8 Å². The number of H-pyrrole nitrogens is 1. The average molecular weight is 427 g/mol. The Morgan fingerprint density at radius 1 is 1.19 bits per heavy atom. The molecule has 27 heavy (non-hydrogen) atoms. The number of nitrogen functional groups attached to an aromatic ring is 1. The Balaban J connectivity index is 0.00000182. The fraction of sp³-hybridized carbons (Fsp3) is 0.263. The van der Waals surface area contributed by atoms with Crippen molar-refractivity contribution in [3.8, 4) is 0 Å². The molecule has 0 aliphatic heterocycles. The molecule has 1 amide bonds. The molecule has 146 valence electrons. The summed E-state index contributed by atoms with van der Waals surface area (Å²) in [5.74, 6) is 1.74. The molecule has 0 saturated carbocycles. The number of nitrogens with one attached hydrogen (secondary N) is 2. The molecule has 0 fully saturated rings. The van der Waals surface area contributed by atoms with Gasteiger partial charge in [0.15, 0.2) is 0 Å². The van der Waals surface area contributed by atoms with Gasteiger partial charge in [0.2, 0.25) is 5.91 Å². The van der Waals surface area contributed by atoms with Crippen molar-refractivity contribution in [2.24, 2.45) is 0 Å². The number of fused-ring (bicyclic) bond motifs is 1. The van der Waals surface area contributed by atoms with E-state index in [-0.39, 0.29) is 36.8 Å². The van der Waals surface area contributed by atoms with Crippen molar-refractivity contribution < 1.29 is 4.79 Å². The number of amides is 1. The molecule has 0 radical (unpaired) electrons. The van der Waals surface area contributed by atoms with Gasteiger partial charge in [-0.05, 0) is 48.3 Å². The van der Waals surface area contributed by atoms with Crippen LogP contribution >= 0.6 is 36.6 Å². The minimum atomic E-state index is -0.124. The molecule has 0 bridgehead atoms. The number of carbonyl (C=O) groups is 1. The first-order valence-electron chi connectivity index (χ1n) is 8.23. The normalized spacial score (nSPS) is 11.3. The first kappa shape index (κ1) is 23.1. The summed E-state index contributed by atoms with van der Waals surface area (Å²) >= 11 is 1.76. The Morgan fingerprint density at radius 3 is 2.56 bits per heavy atom. The van der Waals surface area contributed by atoms with Gasteiger partial charge in [0.25, 0.3) is 0 Å². The Bertz CT molecular complexity index is 821. The molecule has 2 aromatic carbocycles. The summed E-state index contributed by atoms with van der Waals surface area (Å²) in [4.78, 5) is 20.4. The van der Waals surface area contributed by atoms with Crippen molar-refractivity contribution in [3.05, 3.63) is 59.9 Å². The first-order valence-corrected chi connectivity index (χ1v) is 9.62. The minimum absolute atomic E-state index is 0. The van der Waals surface area contributed by atoms with E-state index < -0.39 is 0 Å². The van der Waals surface area contributed by atoms with E-state index in [1.54, 1.807) is 11.8 Å². The summed E-state index contributed by atoms with van der Waals surface area (Å²) in [5.41, 5.74) is 9.24. The fourth-order valence-electron chi connectivity index (χ4n) is 2.72. The van der Waals surface area contributed by atoms with E-state index in [4.69, 9.17) is 5.73 Å². The third-order valence-electron chi connectivity index (χ3n) is 4.03. The molecule has 5 nitrogen and oxygen atoms in total.